The molecule has 1 aliphatic rings. The molecule has 2 amide bonds. The van der Waals surface area contributed by atoms with E-state index in [1.54, 1.807) is 12.5 Å². The first-order chi connectivity index (χ1) is 14.1. The highest BCUT2D eigenvalue weighted by Crippen LogP contribution is 2.18. The fourth-order valence-corrected chi connectivity index (χ4v) is 3.31. The predicted octanol–water partition coefficient (Wildman–Crippen LogP) is 3.14. The highest BCUT2D eigenvalue weighted by atomic mass is 16.2. The van der Waals surface area contributed by atoms with Crippen molar-refractivity contribution in [1.29, 1.82) is 0 Å². The van der Waals surface area contributed by atoms with Crippen LogP contribution in [0.25, 0.3) is 5.82 Å². The molecule has 0 bridgehead atoms. The van der Waals surface area contributed by atoms with Crippen molar-refractivity contribution in [3.05, 3.63) is 60.7 Å². The molecule has 8 nitrogen and oxygen atoms in total. The summed E-state index contributed by atoms with van der Waals surface area (Å²) in [5.74, 6) is 2.02. The molecular weight excluding hydrogens is 366 g/mol. The topological polar surface area (TPSA) is 79.2 Å². The minimum absolute atomic E-state index is 0.0662. The summed E-state index contributed by atoms with van der Waals surface area (Å²) in [4.78, 5) is 20.6. The van der Waals surface area contributed by atoms with Gasteiger partial charge < -0.3 is 15.1 Å². The fourth-order valence-electron chi connectivity index (χ4n) is 3.31. The monoisotopic (exact) mass is 391 g/mol. The Hall–Kier alpha value is -3.42. The van der Waals surface area contributed by atoms with Crippen LogP contribution in [0.15, 0.2) is 55.1 Å². The zero-order valence-corrected chi connectivity index (χ0v) is 16.7. The SMILES string of the molecule is CC(C)c1ccc(NC(=O)N2CCN(c3ccc(-n4ccnc4)nn3)CC2)cc1. The van der Waals surface area contributed by atoms with Gasteiger partial charge in [0.15, 0.2) is 11.6 Å². The Bertz CT molecular complexity index is 928. The number of urea groups is 1. The van der Waals surface area contributed by atoms with Crippen LogP contribution >= 0.6 is 0 Å². The predicted molar refractivity (Wildman–Crippen MR) is 112 cm³/mol. The number of rotatable bonds is 4. The van der Waals surface area contributed by atoms with Crippen molar-refractivity contribution >= 4 is 17.5 Å². The van der Waals surface area contributed by atoms with Gasteiger partial charge in [-0.15, -0.1) is 10.2 Å². The van der Waals surface area contributed by atoms with Crippen molar-refractivity contribution in [1.82, 2.24) is 24.6 Å². The number of nitrogens with one attached hydrogen (secondary N) is 1. The van der Waals surface area contributed by atoms with Crippen molar-refractivity contribution in [2.75, 3.05) is 36.4 Å². The molecule has 1 aliphatic heterocycles. The second kappa shape index (κ2) is 8.30. The van der Waals surface area contributed by atoms with E-state index in [9.17, 15) is 4.79 Å². The Morgan fingerprint density at radius 3 is 2.24 bits per heavy atom. The van der Waals surface area contributed by atoms with Crippen molar-refractivity contribution in [3.63, 3.8) is 0 Å². The molecule has 0 unspecified atom stereocenters. The first kappa shape index (κ1) is 18.9. The minimum Gasteiger partial charge on any atom is -0.352 e. The number of imidazole rings is 1. The number of anilines is 2. The van der Waals surface area contributed by atoms with Gasteiger partial charge >= 0.3 is 6.03 Å². The third-order valence-electron chi connectivity index (χ3n) is 5.12. The lowest BCUT2D eigenvalue weighted by Crippen LogP contribution is -2.50. The van der Waals surface area contributed by atoms with E-state index in [0.717, 1.165) is 30.4 Å². The van der Waals surface area contributed by atoms with Crippen molar-refractivity contribution in [2.24, 2.45) is 0 Å². The first-order valence-corrected chi connectivity index (χ1v) is 9.83. The lowest BCUT2D eigenvalue weighted by Gasteiger charge is -2.35. The number of benzene rings is 1. The highest BCUT2D eigenvalue weighted by molar-refractivity contribution is 5.89. The van der Waals surface area contributed by atoms with Crippen LogP contribution in [0, 0.1) is 0 Å². The van der Waals surface area contributed by atoms with Gasteiger partial charge in [-0.05, 0) is 35.7 Å². The van der Waals surface area contributed by atoms with E-state index in [1.165, 1.54) is 5.56 Å². The minimum atomic E-state index is -0.0662. The highest BCUT2D eigenvalue weighted by Gasteiger charge is 2.22. The second-order valence-corrected chi connectivity index (χ2v) is 7.40. The van der Waals surface area contributed by atoms with Crippen LogP contribution in [0.4, 0.5) is 16.3 Å². The molecule has 3 heterocycles. The summed E-state index contributed by atoms with van der Waals surface area (Å²) in [7, 11) is 0. The van der Waals surface area contributed by atoms with Crippen LogP contribution in [-0.2, 0) is 0 Å². The maximum Gasteiger partial charge on any atom is 0.321 e. The molecule has 0 aliphatic carbocycles. The molecule has 1 N–H and O–H groups in total. The maximum absolute atomic E-state index is 12.6. The van der Waals surface area contributed by atoms with E-state index in [-0.39, 0.29) is 6.03 Å². The van der Waals surface area contributed by atoms with E-state index in [0.29, 0.717) is 19.0 Å². The number of aromatic nitrogens is 4. The van der Waals surface area contributed by atoms with Crippen LogP contribution in [0.1, 0.15) is 25.3 Å². The number of amides is 2. The van der Waals surface area contributed by atoms with Crippen LogP contribution in [0.3, 0.4) is 0 Å². The zero-order chi connectivity index (χ0) is 20.2. The Morgan fingerprint density at radius 2 is 1.66 bits per heavy atom. The largest absolute Gasteiger partial charge is 0.352 e. The number of carbonyl (C=O) groups excluding carboxylic acids is 1. The van der Waals surface area contributed by atoms with E-state index in [2.05, 4.69) is 51.4 Å². The lowest BCUT2D eigenvalue weighted by atomic mass is 10.0. The van der Waals surface area contributed by atoms with E-state index in [4.69, 9.17) is 0 Å². The maximum atomic E-state index is 12.6. The summed E-state index contributed by atoms with van der Waals surface area (Å²) in [6.45, 7) is 7.03. The van der Waals surface area contributed by atoms with Gasteiger partial charge in [-0.25, -0.2) is 9.78 Å². The third-order valence-corrected chi connectivity index (χ3v) is 5.12. The quantitative estimate of drug-likeness (QED) is 0.739. The average molecular weight is 391 g/mol. The zero-order valence-electron chi connectivity index (χ0n) is 16.7. The molecule has 8 heteroatoms. The molecule has 0 saturated carbocycles. The normalized spacial score (nSPS) is 14.3. The van der Waals surface area contributed by atoms with E-state index < -0.39 is 0 Å². The van der Waals surface area contributed by atoms with Crippen LogP contribution in [0.5, 0.6) is 0 Å². The summed E-state index contributed by atoms with van der Waals surface area (Å²) in [6.07, 6.45) is 5.23. The van der Waals surface area contributed by atoms with Crippen molar-refractivity contribution in [3.8, 4) is 5.82 Å². The van der Waals surface area contributed by atoms with Crippen LogP contribution < -0.4 is 10.2 Å². The standard InChI is InChI=1S/C21H25N7O/c1-16(2)17-3-5-18(6-4-17)23-21(29)27-13-11-26(12-14-27)19-7-8-20(25-24-19)28-10-9-22-15-28/h3-10,15-16H,11-14H2,1-2H3,(H,23,29). The molecule has 0 atom stereocenters. The molecule has 1 saturated heterocycles. The van der Waals surface area contributed by atoms with Crippen LogP contribution in [0.2, 0.25) is 0 Å². The molecule has 150 valence electrons. The van der Waals surface area contributed by atoms with E-state index >= 15 is 0 Å². The summed E-state index contributed by atoms with van der Waals surface area (Å²) >= 11 is 0. The van der Waals surface area contributed by atoms with Gasteiger partial charge in [-0.3, -0.25) is 4.57 Å². The van der Waals surface area contributed by atoms with Gasteiger partial charge in [-0.2, -0.15) is 0 Å². The Labute approximate surface area is 170 Å². The van der Waals surface area contributed by atoms with Gasteiger partial charge in [0.2, 0.25) is 0 Å². The molecule has 2 aromatic heterocycles. The van der Waals surface area contributed by atoms with Gasteiger partial charge in [0.1, 0.15) is 6.33 Å². The molecule has 1 aromatic carbocycles. The average Bonchev–Trinajstić information content (AvgIpc) is 3.29. The molecule has 1 fully saturated rings. The van der Waals surface area contributed by atoms with Crippen LogP contribution in [-0.4, -0.2) is 56.9 Å². The van der Waals surface area contributed by atoms with Gasteiger partial charge in [0.25, 0.3) is 0 Å². The fraction of sp³-hybridized carbons (Fsp3) is 0.333. The first-order valence-electron chi connectivity index (χ1n) is 9.83. The Kier molecular flexibility index (Phi) is 5.41. The molecule has 29 heavy (non-hydrogen) atoms. The number of nitrogens with zero attached hydrogens (tertiary/aromatic N) is 6. The number of hydrogen-bond acceptors (Lipinski definition) is 5. The molecule has 0 spiro atoms. The number of hydrogen-bond donors (Lipinski definition) is 1. The van der Waals surface area contributed by atoms with Crippen molar-refractivity contribution in [2.45, 2.75) is 19.8 Å². The Morgan fingerprint density at radius 1 is 0.966 bits per heavy atom. The van der Waals surface area contributed by atoms with Crippen molar-refractivity contribution < 1.29 is 4.79 Å². The van der Waals surface area contributed by atoms with E-state index in [1.807, 2.05) is 39.9 Å². The second-order valence-electron chi connectivity index (χ2n) is 7.40. The number of carbonyl (C=O) groups is 1. The molecule has 3 aromatic rings. The number of piperazine rings is 1. The summed E-state index contributed by atoms with van der Waals surface area (Å²) in [5, 5.41) is 11.6. The van der Waals surface area contributed by atoms with Gasteiger partial charge in [0, 0.05) is 44.3 Å². The molecule has 0 radical (unpaired) electrons. The lowest BCUT2D eigenvalue weighted by molar-refractivity contribution is 0.208. The molecule has 4 rings (SSSR count). The molecular formula is C21H25N7O. The summed E-state index contributed by atoms with van der Waals surface area (Å²) in [6, 6.07) is 11.8. The Balaban J connectivity index is 1.31. The summed E-state index contributed by atoms with van der Waals surface area (Å²) in [5.41, 5.74) is 2.08. The third kappa shape index (κ3) is 4.37. The van der Waals surface area contributed by atoms with Gasteiger partial charge in [-0.1, -0.05) is 26.0 Å². The smallest absolute Gasteiger partial charge is 0.321 e. The van der Waals surface area contributed by atoms with Gasteiger partial charge in [0.05, 0.1) is 0 Å². The summed E-state index contributed by atoms with van der Waals surface area (Å²) < 4.78 is 1.81.